The van der Waals surface area contributed by atoms with E-state index in [-0.39, 0.29) is 24.0 Å². The number of hydrogen-bond acceptors (Lipinski definition) is 5. The Morgan fingerprint density at radius 3 is 2.60 bits per heavy atom. The number of thioether (sulfide) groups is 1. The van der Waals surface area contributed by atoms with Crippen LogP contribution in [0.4, 0.5) is 0 Å². The molecule has 0 bridgehead atoms. The average molecular weight is 230 g/mol. The fourth-order valence-electron chi connectivity index (χ4n) is 2.01. The number of carbonyl (C=O) groups is 2. The molecule has 2 rings (SSSR count). The zero-order chi connectivity index (χ0) is 10.8. The van der Waals surface area contributed by atoms with Crippen LogP contribution in [0.15, 0.2) is 0 Å². The van der Waals surface area contributed by atoms with Gasteiger partial charge in [0, 0.05) is 20.2 Å². The first-order chi connectivity index (χ1) is 7.24. The van der Waals surface area contributed by atoms with Crippen LogP contribution in [0.1, 0.15) is 0 Å². The third-order valence-corrected chi connectivity index (χ3v) is 3.65. The number of methoxy groups -OCH3 is 1. The van der Waals surface area contributed by atoms with Gasteiger partial charge in [0.05, 0.1) is 23.7 Å². The van der Waals surface area contributed by atoms with Crippen molar-refractivity contribution in [1.82, 2.24) is 10.2 Å². The molecule has 0 radical (unpaired) electrons. The molecule has 5 nitrogen and oxygen atoms in total. The minimum atomic E-state index is -0.129. The summed E-state index contributed by atoms with van der Waals surface area (Å²) in [6, 6.07) is -0.129. The van der Waals surface area contributed by atoms with Gasteiger partial charge in [0.2, 0.25) is 11.8 Å². The molecule has 0 aromatic carbocycles. The molecule has 2 atom stereocenters. The summed E-state index contributed by atoms with van der Waals surface area (Å²) in [5.74, 6) is 0.621. The molecule has 0 spiro atoms. The number of nitrogens with zero attached hydrogens (tertiary/aromatic N) is 1. The first-order valence-corrected chi connectivity index (χ1v) is 6.05. The Morgan fingerprint density at radius 2 is 2.00 bits per heavy atom. The van der Waals surface area contributed by atoms with E-state index in [1.807, 2.05) is 0 Å². The Balaban J connectivity index is 2.13. The molecule has 2 amide bonds. The minimum Gasteiger partial charge on any atom is -0.378 e. The summed E-state index contributed by atoms with van der Waals surface area (Å²) in [6.07, 6.45) is -0.0685. The predicted octanol–water partition coefficient (Wildman–Crippen LogP) is -0.925. The third kappa shape index (κ3) is 2.02. The second-order valence-electron chi connectivity index (χ2n) is 3.65. The zero-order valence-electron chi connectivity index (χ0n) is 8.56. The quantitative estimate of drug-likeness (QED) is 0.621. The van der Waals surface area contributed by atoms with Crippen molar-refractivity contribution in [3.63, 3.8) is 0 Å². The SMILES string of the molecule is CO[C@H]1CNCC1N1C(=O)CSCC1=O. The number of nitrogens with one attached hydrogen (secondary N) is 1. The Hall–Kier alpha value is -0.590. The summed E-state index contributed by atoms with van der Waals surface area (Å²) in [6.45, 7) is 1.34. The smallest absolute Gasteiger partial charge is 0.239 e. The summed E-state index contributed by atoms with van der Waals surface area (Å²) >= 11 is 1.38. The summed E-state index contributed by atoms with van der Waals surface area (Å²) in [4.78, 5) is 24.7. The highest BCUT2D eigenvalue weighted by molar-refractivity contribution is 8.00. The topological polar surface area (TPSA) is 58.6 Å². The highest BCUT2D eigenvalue weighted by atomic mass is 32.2. The second kappa shape index (κ2) is 4.51. The second-order valence-corrected chi connectivity index (χ2v) is 4.64. The monoisotopic (exact) mass is 230 g/mol. The van der Waals surface area contributed by atoms with Crippen LogP contribution in [-0.2, 0) is 14.3 Å². The molecule has 2 aliphatic heterocycles. The summed E-state index contributed by atoms with van der Waals surface area (Å²) < 4.78 is 5.26. The van der Waals surface area contributed by atoms with Gasteiger partial charge >= 0.3 is 0 Å². The molecule has 1 unspecified atom stereocenters. The van der Waals surface area contributed by atoms with Crippen molar-refractivity contribution < 1.29 is 14.3 Å². The van der Waals surface area contributed by atoms with E-state index >= 15 is 0 Å². The molecule has 15 heavy (non-hydrogen) atoms. The molecule has 84 valence electrons. The molecule has 2 heterocycles. The van der Waals surface area contributed by atoms with E-state index in [1.165, 1.54) is 16.7 Å². The molecular formula is C9H14N2O3S. The minimum absolute atomic E-state index is 0.0685. The predicted molar refractivity (Wildman–Crippen MR) is 56.6 cm³/mol. The number of carbonyl (C=O) groups excluding carboxylic acids is 2. The van der Waals surface area contributed by atoms with Gasteiger partial charge in [0.1, 0.15) is 0 Å². The van der Waals surface area contributed by atoms with Gasteiger partial charge in [-0.2, -0.15) is 0 Å². The van der Waals surface area contributed by atoms with Gasteiger partial charge in [-0.1, -0.05) is 0 Å². The maximum absolute atomic E-state index is 11.7. The van der Waals surface area contributed by atoms with Gasteiger partial charge in [-0.3, -0.25) is 14.5 Å². The van der Waals surface area contributed by atoms with Crippen molar-refractivity contribution in [2.75, 3.05) is 31.7 Å². The third-order valence-electron chi connectivity index (χ3n) is 2.75. The van der Waals surface area contributed by atoms with Crippen LogP contribution >= 0.6 is 11.8 Å². The number of amides is 2. The number of hydrogen-bond donors (Lipinski definition) is 1. The maximum Gasteiger partial charge on any atom is 0.239 e. The van der Waals surface area contributed by atoms with Gasteiger partial charge in [-0.05, 0) is 0 Å². The fraction of sp³-hybridized carbons (Fsp3) is 0.778. The molecule has 2 fully saturated rings. The van der Waals surface area contributed by atoms with Crippen molar-refractivity contribution >= 4 is 23.6 Å². The normalized spacial score (nSPS) is 32.5. The fourth-order valence-corrected chi connectivity index (χ4v) is 2.74. The first kappa shape index (κ1) is 10.9. The molecule has 0 aromatic heterocycles. The van der Waals surface area contributed by atoms with E-state index < -0.39 is 0 Å². The lowest BCUT2D eigenvalue weighted by molar-refractivity contribution is -0.147. The Kier molecular flexibility index (Phi) is 3.28. The van der Waals surface area contributed by atoms with Crippen LogP contribution in [-0.4, -0.2) is 60.6 Å². The molecular weight excluding hydrogens is 216 g/mol. The lowest BCUT2D eigenvalue weighted by Gasteiger charge is -2.32. The van der Waals surface area contributed by atoms with Gasteiger partial charge in [0.25, 0.3) is 0 Å². The van der Waals surface area contributed by atoms with Crippen LogP contribution in [0.3, 0.4) is 0 Å². The Morgan fingerprint density at radius 1 is 1.33 bits per heavy atom. The summed E-state index contributed by atoms with van der Waals surface area (Å²) in [7, 11) is 1.61. The number of imide groups is 1. The van der Waals surface area contributed by atoms with E-state index in [2.05, 4.69) is 5.32 Å². The molecule has 1 N–H and O–H groups in total. The van der Waals surface area contributed by atoms with Gasteiger partial charge in [0.15, 0.2) is 0 Å². The van der Waals surface area contributed by atoms with Crippen molar-refractivity contribution in [2.24, 2.45) is 0 Å². The number of ether oxygens (including phenoxy) is 1. The van der Waals surface area contributed by atoms with Crippen LogP contribution in [0.25, 0.3) is 0 Å². The van der Waals surface area contributed by atoms with Gasteiger partial charge in [-0.25, -0.2) is 0 Å². The standard InChI is InChI=1S/C9H14N2O3S/c1-14-7-3-10-2-6(7)11-8(12)4-15-5-9(11)13/h6-7,10H,2-5H2,1H3/t6?,7-/m0/s1. The van der Waals surface area contributed by atoms with Crippen LogP contribution in [0, 0.1) is 0 Å². The molecule has 6 heteroatoms. The van der Waals surface area contributed by atoms with Crippen LogP contribution < -0.4 is 5.32 Å². The van der Waals surface area contributed by atoms with Crippen molar-refractivity contribution in [2.45, 2.75) is 12.1 Å². The van der Waals surface area contributed by atoms with Crippen molar-refractivity contribution in [3.8, 4) is 0 Å². The lowest BCUT2D eigenvalue weighted by Crippen LogP contribution is -2.54. The van der Waals surface area contributed by atoms with E-state index in [9.17, 15) is 9.59 Å². The van der Waals surface area contributed by atoms with Crippen molar-refractivity contribution in [1.29, 1.82) is 0 Å². The Bertz CT molecular complexity index is 269. The highest BCUT2D eigenvalue weighted by Crippen LogP contribution is 2.19. The largest absolute Gasteiger partial charge is 0.378 e. The number of rotatable bonds is 2. The van der Waals surface area contributed by atoms with E-state index in [0.29, 0.717) is 24.6 Å². The average Bonchev–Trinajstić information content (AvgIpc) is 2.65. The van der Waals surface area contributed by atoms with E-state index in [1.54, 1.807) is 7.11 Å². The summed E-state index contributed by atoms with van der Waals surface area (Å²) in [5, 5.41) is 3.13. The van der Waals surface area contributed by atoms with Crippen LogP contribution in [0.5, 0.6) is 0 Å². The van der Waals surface area contributed by atoms with Gasteiger partial charge < -0.3 is 10.1 Å². The van der Waals surface area contributed by atoms with Crippen LogP contribution in [0.2, 0.25) is 0 Å². The molecule has 2 aliphatic rings. The van der Waals surface area contributed by atoms with Crippen molar-refractivity contribution in [3.05, 3.63) is 0 Å². The highest BCUT2D eigenvalue weighted by Gasteiger charge is 2.39. The summed E-state index contributed by atoms with van der Waals surface area (Å²) in [5.41, 5.74) is 0. The maximum atomic E-state index is 11.7. The van der Waals surface area contributed by atoms with E-state index in [0.717, 1.165) is 0 Å². The zero-order valence-corrected chi connectivity index (χ0v) is 9.38. The molecule has 0 aliphatic carbocycles. The first-order valence-electron chi connectivity index (χ1n) is 4.90. The molecule has 0 aromatic rings. The van der Waals surface area contributed by atoms with E-state index in [4.69, 9.17) is 4.74 Å². The lowest BCUT2D eigenvalue weighted by atomic mass is 10.1. The molecule has 2 saturated heterocycles. The molecule has 0 saturated carbocycles. The Labute approximate surface area is 92.5 Å². The van der Waals surface area contributed by atoms with Gasteiger partial charge in [-0.15, -0.1) is 11.8 Å².